The van der Waals surface area contributed by atoms with Gasteiger partial charge in [-0.1, -0.05) is 6.07 Å². The normalized spacial score (nSPS) is 20.1. The van der Waals surface area contributed by atoms with Crippen LogP contribution in [0.3, 0.4) is 0 Å². The third-order valence-electron chi connectivity index (χ3n) is 5.52. The molecule has 0 spiro atoms. The quantitative estimate of drug-likeness (QED) is 0.670. The van der Waals surface area contributed by atoms with Gasteiger partial charge in [0.25, 0.3) is 5.91 Å². The number of aromatic nitrogens is 2. The van der Waals surface area contributed by atoms with E-state index in [2.05, 4.69) is 4.98 Å². The molecule has 1 aromatic carbocycles. The summed E-state index contributed by atoms with van der Waals surface area (Å²) in [4.78, 5) is 32.1. The predicted molar refractivity (Wildman–Crippen MR) is 108 cm³/mol. The van der Waals surface area contributed by atoms with Crippen LogP contribution in [0.4, 0.5) is 8.78 Å². The summed E-state index contributed by atoms with van der Waals surface area (Å²) in [5.74, 6) is -2.39. The van der Waals surface area contributed by atoms with Gasteiger partial charge in [0.2, 0.25) is 5.43 Å². The van der Waals surface area contributed by atoms with Crippen molar-refractivity contribution >= 4 is 17.2 Å². The second-order valence-corrected chi connectivity index (χ2v) is 8.73. The number of carbonyl (C=O) groups is 1. The Morgan fingerprint density at radius 2 is 2.13 bits per heavy atom. The topological polar surface area (TPSA) is 84.7 Å². The number of pyridine rings is 1. The number of fused-ring (bicyclic) bond motifs is 2. The third-order valence-corrected chi connectivity index (χ3v) is 6.56. The fourth-order valence-corrected chi connectivity index (χ4v) is 4.94. The Labute approximate surface area is 179 Å². The van der Waals surface area contributed by atoms with Crippen molar-refractivity contribution in [2.75, 3.05) is 6.61 Å². The molecular weight excluding hydrogens is 428 g/mol. The highest BCUT2D eigenvalue weighted by atomic mass is 32.1. The number of rotatable bonds is 3. The molecule has 0 aliphatic carbocycles. The molecule has 31 heavy (non-hydrogen) atoms. The lowest BCUT2D eigenvalue weighted by Gasteiger charge is -2.33. The number of halogens is 2. The lowest BCUT2D eigenvalue weighted by Crippen LogP contribution is -2.48. The zero-order chi connectivity index (χ0) is 21.9. The lowest BCUT2D eigenvalue weighted by atomic mass is 10.1. The Bertz CT molecular complexity index is 1270. The lowest BCUT2D eigenvalue weighted by molar-refractivity contribution is 0.00638. The van der Waals surface area contributed by atoms with Crippen molar-refractivity contribution in [3.8, 4) is 16.3 Å². The van der Waals surface area contributed by atoms with Crippen LogP contribution >= 0.6 is 11.3 Å². The molecule has 10 heteroatoms. The van der Waals surface area contributed by atoms with Gasteiger partial charge in [0.1, 0.15) is 16.6 Å². The van der Waals surface area contributed by atoms with Crippen molar-refractivity contribution in [1.82, 2.24) is 14.5 Å². The zero-order valence-electron chi connectivity index (χ0n) is 16.3. The van der Waals surface area contributed by atoms with Gasteiger partial charge in [-0.15, -0.1) is 11.3 Å². The van der Waals surface area contributed by atoms with Crippen LogP contribution in [0.2, 0.25) is 0 Å². The fraction of sp³-hybridized carbons (Fsp3) is 0.286. The minimum absolute atomic E-state index is 0.0625. The van der Waals surface area contributed by atoms with E-state index in [-0.39, 0.29) is 30.3 Å². The van der Waals surface area contributed by atoms with Crippen LogP contribution in [-0.4, -0.2) is 44.3 Å². The van der Waals surface area contributed by atoms with E-state index in [0.29, 0.717) is 22.1 Å². The molecule has 4 heterocycles. The monoisotopic (exact) mass is 445 g/mol. The highest BCUT2D eigenvalue weighted by Gasteiger charge is 2.42. The predicted octanol–water partition coefficient (Wildman–Crippen LogP) is 2.75. The second kappa shape index (κ2) is 7.24. The molecule has 5 rings (SSSR count). The van der Waals surface area contributed by atoms with Crippen LogP contribution < -0.4 is 5.43 Å². The number of nitrogens with zero attached hydrogens (tertiary/aromatic N) is 3. The molecule has 1 unspecified atom stereocenters. The number of aromatic hydroxyl groups is 1. The molecule has 2 aliphatic heterocycles. The van der Waals surface area contributed by atoms with Crippen LogP contribution in [0, 0.1) is 11.6 Å². The average molecular weight is 445 g/mol. The molecule has 1 saturated heterocycles. The van der Waals surface area contributed by atoms with Crippen LogP contribution in [0.25, 0.3) is 10.6 Å². The Balaban J connectivity index is 1.51. The first kappa shape index (κ1) is 19.8. The van der Waals surface area contributed by atoms with E-state index in [4.69, 9.17) is 4.74 Å². The van der Waals surface area contributed by atoms with Crippen LogP contribution in [-0.2, 0) is 17.7 Å². The first-order valence-corrected chi connectivity index (χ1v) is 10.4. The summed E-state index contributed by atoms with van der Waals surface area (Å²) in [6.07, 6.45) is 2.74. The van der Waals surface area contributed by atoms with Crippen molar-refractivity contribution in [2.24, 2.45) is 0 Å². The number of amides is 1. The van der Waals surface area contributed by atoms with Gasteiger partial charge in [0, 0.05) is 29.8 Å². The molecule has 160 valence electrons. The smallest absolute Gasteiger partial charge is 0.276 e. The van der Waals surface area contributed by atoms with E-state index in [0.717, 1.165) is 6.07 Å². The van der Waals surface area contributed by atoms with Gasteiger partial charge < -0.3 is 19.3 Å². The van der Waals surface area contributed by atoms with E-state index in [9.17, 15) is 23.5 Å². The maximum atomic E-state index is 14.0. The molecule has 1 amide bonds. The summed E-state index contributed by atoms with van der Waals surface area (Å²) in [6, 6.07) is 3.22. The summed E-state index contributed by atoms with van der Waals surface area (Å²) < 4.78 is 34.2. The summed E-state index contributed by atoms with van der Waals surface area (Å²) >= 11 is 1.17. The van der Waals surface area contributed by atoms with Gasteiger partial charge >= 0.3 is 0 Å². The van der Waals surface area contributed by atoms with E-state index in [1.54, 1.807) is 0 Å². The molecule has 3 aromatic rings. The van der Waals surface area contributed by atoms with E-state index in [1.165, 1.54) is 45.3 Å². The minimum atomic E-state index is -0.695. The Kier molecular flexibility index (Phi) is 4.63. The summed E-state index contributed by atoms with van der Waals surface area (Å²) in [7, 11) is 0. The Morgan fingerprint density at radius 1 is 1.32 bits per heavy atom. The van der Waals surface area contributed by atoms with Crippen molar-refractivity contribution in [2.45, 2.75) is 32.2 Å². The number of hydrogen-bond acceptors (Lipinski definition) is 6. The first-order valence-electron chi connectivity index (χ1n) is 9.63. The van der Waals surface area contributed by atoms with E-state index in [1.807, 2.05) is 6.92 Å². The molecule has 2 aromatic heterocycles. The molecule has 0 radical (unpaired) electrons. The third kappa shape index (κ3) is 3.22. The number of benzene rings is 1. The number of carbonyl (C=O) groups excluding carboxylic acids is 1. The van der Waals surface area contributed by atoms with Gasteiger partial charge in [-0.05, 0) is 18.6 Å². The Morgan fingerprint density at radius 3 is 2.90 bits per heavy atom. The molecule has 2 atom stereocenters. The maximum absolute atomic E-state index is 14.0. The highest BCUT2D eigenvalue weighted by Crippen LogP contribution is 2.32. The molecule has 1 fully saturated rings. The summed E-state index contributed by atoms with van der Waals surface area (Å²) in [6.45, 7) is 2.52. The molecule has 0 saturated carbocycles. The number of ether oxygens (including phenoxy) is 1. The maximum Gasteiger partial charge on any atom is 0.276 e. The van der Waals surface area contributed by atoms with Gasteiger partial charge in [-0.3, -0.25) is 9.59 Å². The van der Waals surface area contributed by atoms with Gasteiger partial charge in [0.05, 0.1) is 24.8 Å². The zero-order valence-corrected chi connectivity index (χ0v) is 17.2. The summed E-state index contributed by atoms with van der Waals surface area (Å²) in [5, 5.41) is 10.9. The van der Waals surface area contributed by atoms with Crippen molar-refractivity contribution in [3.63, 3.8) is 0 Å². The van der Waals surface area contributed by atoms with Crippen LogP contribution in [0.15, 0.2) is 35.4 Å². The van der Waals surface area contributed by atoms with Crippen molar-refractivity contribution in [1.29, 1.82) is 0 Å². The second-order valence-electron chi connectivity index (χ2n) is 7.62. The standard InChI is InChI=1S/C21H17F2N3O4S/c1-10-9-30-16-8-25-7-14(18(27)19(28)17(25)21(29)26(10)16)20-24-6-13(31-20)4-11-2-3-12(22)5-15(11)23/h2-3,5-7,10,16,28H,4,8-9H2,1H3/t10-,16?/m0/s1. The number of thiazole rings is 1. The van der Waals surface area contributed by atoms with E-state index >= 15 is 0 Å². The van der Waals surface area contributed by atoms with Crippen LogP contribution in [0.1, 0.15) is 27.9 Å². The van der Waals surface area contributed by atoms with Gasteiger partial charge in [-0.25, -0.2) is 13.8 Å². The Hall–Kier alpha value is -3.11. The van der Waals surface area contributed by atoms with Crippen molar-refractivity contribution in [3.05, 3.63) is 68.6 Å². The fourth-order valence-electron chi connectivity index (χ4n) is 3.99. The largest absolute Gasteiger partial charge is 0.503 e. The first-order chi connectivity index (χ1) is 14.8. The summed E-state index contributed by atoms with van der Waals surface area (Å²) in [5.41, 5.74) is -0.309. The average Bonchev–Trinajstić information content (AvgIpc) is 3.33. The van der Waals surface area contributed by atoms with E-state index < -0.39 is 34.9 Å². The van der Waals surface area contributed by atoms with Gasteiger partial charge in [-0.2, -0.15) is 0 Å². The SMILES string of the molecule is C[C@H]1COC2Cn3cc(-c4ncc(Cc5ccc(F)cc5F)s4)c(=O)c(O)c3C(=O)N21. The van der Waals surface area contributed by atoms with Crippen LogP contribution in [0.5, 0.6) is 5.75 Å². The molecule has 1 N–H and O–H groups in total. The van der Waals surface area contributed by atoms with Crippen molar-refractivity contribution < 1.29 is 23.4 Å². The van der Waals surface area contributed by atoms with Gasteiger partial charge in [0.15, 0.2) is 17.7 Å². The molecule has 2 aliphatic rings. The minimum Gasteiger partial charge on any atom is -0.503 e. The highest BCUT2D eigenvalue weighted by molar-refractivity contribution is 7.15. The molecule has 7 nitrogen and oxygen atoms in total. The molecular formula is C21H17F2N3O4S. The number of hydrogen-bond donors (Lipinski definition) is 1. The molecule has 0 bridgehead atoms.